The van der Waals surface area contributed by atoms with Crippen molar-refractivity contribution in [3.05, 3.63) is 78.4 Å². The summed E-state index contributed by atoms with van der Waals surface area (Å²) in [6.07, 6.45) is 7.52. The number of hydrogen-bond donors (Lipinski definition) is 0. The Morgan fingerprint density at radius 1 is 0.967 bits per heavy atom. The molecule has 0 spiro atoms. The van der Waals surface area contributed by atoms with Gasteiger partial charge in [-0.25, -0.2) is 9.97 Å². The summed E-state index contributed by atoms with van der Waals surface area (Å²) in [6, 6.07) is 16.1. The minimum Gasteiger partial charge on any atom is -0.328 e. The second-order valence-corrected chi connectivity index (χ2v) is 7.04. The Morgan fingerprint density at radius 3 is 2.67 bits per heavy atom. The van der Waals surface area contributed by atoms with Gasteiger partial charge in [-0.05, 0) is 49.2 Å². The number of rotatable bonds is 4. The molecule has 0 fully saturated rings. The van der Waals surface area contributed by atoms with Gasteiger partial charge in [0.25, 0.3) is 0 Å². The molecule has 0 N–H and O–H groups in total. The van der Waals surface area contributed by atoms with Gasteiger partial charge in [-0.3, -0.25) is 9.98 Å². The quantitative estimate of drug-likeness (QED) is 0.364. The molecule has 0 amide bonds. The standard InChI is InChI=1S/C25H19N5/c1-4-16-7-8-17-9-10-18(28-24(17)23(16)26-2)11-14-22-29-25-19-6-5-15-27-20(19)12-13-21(25)30(22)3/h4-15H,1-2H2,3H3/b14-11+. The van der Waals surface area contributed by atoms with Crippen molar-refractivity contribution in [3.63, 3.8) is 0 Å². The lowest BCUT2D eigenvalue weighted by molar-refractivity contribution is 0.930. The van der Waals surface area contributed by atoms with Crippen LogP contribution in [0.4, 0.5) is 5.69 Å². The molecule has 0 radical (unpaired) electrons. The molecule has 3 heterocycles. The maximum Gasteiger partial charge on any atom is 0.133 e. The van der Waals surface area contributed by atoms with Crippen LogP contribution in [0.1, 0.15) is 17.1 Å². The van der Waals surface area contributed by atoms with Crippen molar-refractivity contribution in [2.24, 2.45) is 12.0 Å². The summed E-state index contributed by atoms with van der Waals surface area (Å²) in [5.74, 6) is 0.852. The third-order valence-electron chi connectivity index (χ3n) is 5.34. The van der Waals surface area contributed by atoms with E-state index in [1.54, 1.807) is 12.3 Å². The van der Waals surface area contributed by atoms with Crippen molar-refractivity contribution in [1.82, 2.24) is 19.5 Å². The summed E-state index contributed by atoms with van der Waals surface area (Å²) in [6.45, 7) is 7.55. The number of imidazole rings is 1. The van der Waals surface area contributed by atoms with E-state index in [9.17, 15) is 0 Å². The number of pyridine rings is 2. The average Bonchev–Trinajstić information content (AvgIpc) is 3.12. The molecule has 0 bridgehead atoms. The van der Waals surface area contributed by atoms with Crippen LogP contribution in [0.15, 0.2) is 66.3 Å². The van der Waals surface area contributed by atoms with E-state index in [0.717, 1.165) is 55.6 Å². The Bertz CT molecular complexity index is 1490. The van der Waals surface area contributed by atoms with Crippen LogP contribution in [-0.4, -0.2) is 26.2 Å². The van der Waals surface area contributed by atoms with Gasteiger partial charge >= 0.3 is 0 Å². The van der Waals surface area contributed by atoms with Gasteiger partial charge in [0.2, 0.25) is 0 Å². The summed E-state index contributed by atoms with van der Waals surface area (Å²) in [4.78, 5) is 18.2. The first-order valence-corrected chi connectivity index (χ1v) is 9.61. The molecule has 5 rings (SSSR count). The predicted molar refractivity (Wildman–Crippen MR) is 126 cm³/mol. The highest BCUT2D eigenvalue weighted by Gasteiger charge is 2.10. The molecule has 0 saturated carbocycles. The number of hydrogen-bond acceptors (Lipinski definition) is 4. The minimum atomic E-state index is 0.749. The van der Waals surface area contributed by atoms with E-state index in [1.807, 2.05) is 55.6 Å². The molecule has 2 aromatic carbocycles. The van der Waals surface area contributed by atoms with Crippen molar-refractivity contribution in [2.45, 2.75) is 0 Å². The molecule has 144 valence electrons. The zero-order valence-electron chi connectivity index (χ0n) is 16.6. The molecule has 5 aromatic rings. The van der Waals surface area contributed by atoms with Crippen LogP contribution in [0, 0.1) is 0 Å². The third kappa shape index (κ3) is 2.79. The van der Waals surface area contributed by atoms with Gasteiger partial charge in [0.15, 0.2) is 0 Å². The van der Waals surface area contributed by atoms with Gasteiger partial charge in [-0.1, -0.05) is 30.9 Å². The first-order valence-electron chi connectivity index (χ1n) is 9.61. The molecular formula is C25H19N5. The topological polar surface area (TPSA) is 56.0 Å². The average molecular weight is 389 g/mol. The van der Waals surface area contributed by atoms with Crippen molar-refractivity contribution < 1.29 is 0 Å². The van der Waals surface area contributed by atoms with Crippen LogP contribution >= 0.6 is 0 Å². The van der Waals surface area contributed by atoms with Crippen molar-refractivity contribution in [2.75, 3.05) is 0 Å². The second-order valence-electron chi connectivity index (χ2n) is 7.04. The van der Waals surface area contributed by atoms with Gasteiger partial charge in [0.1, 0.15) is 5.82 Å². The number of aromatic nitrogens is 4. The Labute approximate surface area is 173 Å². The summed E-state index contributed by atoms with van der Waals surface area (Å²) in [5, 5.41) is 2.06. The molecule has 0 unspecified atom stereocenters. The van der Waals surface area contributed by atoms with E-state index in [4.69, 9.17) is 9.97 Å². The van der Waals surface area contributed by atoms with Gasteiger partial charge in [0.05, 0.1) is 33.4 Å². The van der Waals surface area contributed by atoms with Crippen molar-refractivity contribution in [1.29, 1.82) is 0 Å². The summed E-state index contributed by atoms with van der Waals surface area (Å²) in [5.41, 5.74) is 6.26. The van der Waals surface area contributed by atoms with Crippen LogP contribution in [-0.2, 0) is 7.05 Å². The van der Waals surface area contributed by atoms with Crippen LogP contribution in [0.2, 0.25) is 0 Å². The lowest BCUT2D eigenvalue weighted by atomic mass is 10.1. The van der Waals surface area contributed by atoms with Crippen LogP contribution in [0.5, 0.6) is 0 Å². The van der Waals surface area contributed by atoms with E-state index in [-0.39, 0.29) is 0 Å². The smallest absolute Gasteiger partial charge is 0.133 e. The fourth-order valence-corrected chi connectivity index (χ4v) is 3.76. The van der Waals surface area contributed by atoms with E-state index in [0.29, 0.717) is 0 Å². The maximum absolute atomic E-state index is 4.85. The molecule has 0 atom stereocenters. The number of aryl methyl sites for hydroxylation is 1. The molecule has 30 heavy (non-hydrogen) atoms. The molecule has 3 aromatic heterocycles. The number of fused-ring (bicyclic) bond motifs is 4. The second kappa shape index (κ2) is 7.04. The molecule has 0 aliphatic heterocycles. The van der Waals surface area contributed by atoms with Gasteiger partial charge in [0, 0.05) is 29.6 Å². The lowest BCUT2D eigenvalue weighted by Gasteiger charge is -2.06. The van der Waals surface area contributed by atoms with Crippen molar-refractivity contribution in [3.8, 4) is 0 Å². The molecule has 0 aliphatic rings. The van der Waals surface area contributed by atoms with Crippen LogP contribution < -0.4 is 0 Å². The minimum absolute atomic E-state index is 0.749. The highest BCUT2D eigenvalue weighted by Crippen LogP contribution is 2.30. The largest absolute Gasteiger partial charge is 0.328 e. The van der Waals surface area contributed by atoms with E-state index in [1.165, 1.54) is 0 Å². The first-order chi connectivity index (χ1) is 14.7. The Morgan fingerprint density at radius 2 is 1.83 bits per heavy atom. The molecular weight excluding hydrogens is 370 g/mol. The van der Waals surface area contributed by atoms with Crippen LogP contribution in [0.25, 0.3) is 51.1 Å². The third-order valence-corrected chi connectivity index (χ3v) is 5.34. The Kier molecular flexibility index (Phi) is 4.21. The normalized spacial score (nSPS) is 11.6. The zero-order valence-corrected chi connectivity index (χ0v) is 16.6. The van der Waals surface area contributed by atoms with Gasteiger partial charge in [-0.2, -0.15) is 0 Å². The molecule has 5 heteroatoms. The predicted octanol–water partition coefficient (Wildman–Crippen LogP) is 5.82. The van der Waals surface area contributed by atoms with Gasteiger partial charge < -0.3 is 4.57 Å². The number of aliphatic imine (C=N–C) groups is 1. The fourth-order valence-electron chi connectivity index (χ4n) is 3.76. The summed E-state index contributed by atoms with van der Waals surface area (Å²) < 4.78 is 2.08. The first kappa shape index (κ1) is 17.9. The highest BCUT2D eigenvalue weighted by atomic mass is 15.1. The molecule has 0 saturated heterocycles. The lowest BCUT2D eigenvalue weighted by Crippen LogP contribution is -1.91. The highest BCUT2D eigenvalue weighted by molar-refractivity contribution is 6.03. The van der Waals surface area contributed by atoms with E-state index < -0.39 is 0 Å². The summed E-state index contributed by atoms with van der Waals surface area (Å²) in [7, 11) is 2.02. The Hall–Kier alpha value is -4.12. The fraction of sp³-hybridized carbons (Fsp3) is 0.0400. The molecule has 5 nitrogen and oxygen atoms in total. The maximum atomic E-state index is 4.85. The monoisotopic (exact) mass is 389 g/mol. The SMILES string of the molecule is C=Cc1ccc2ccc(/C=C/c3nc4c5cccnc5ccc4n3C)nc2c1N=C. The molecule has 0 aliphatic carbocycles. The number of benzene rings is 2. The van der Waals surface area contributed by atoms with Crippen molar-refractivity contribution >= 4 is 63.5 Å². The van der Waals surface area contributed by atoms with Crippen LogP contribution in [0.3, 0.4) is 0 Å². The zero-order chi connectivity index (χ0) is 20.7. The number of nitrogens with zero attached hydrogens (tertiary/aromatic N) is 5. The van der Waals surface area contributed by atoms with E-state index >= 15 is 0 Å². The van der Waals surface area contributed by atoms with E-state index in [2.05, 4.69) is 40.0 Å². The Balaban J connectivity index is 1.61. The van der Waals surface area contributed by atoms with Gasteiger partial charge in [-0.15, -0.1) is 0 Å². The summed E-state index contributed by atoms with van der Waals surface area (Å²) >= 11 is 0.